The summed E-state index contributed by atoms with van der Waals surface area (Å²) in [6.07, 6.45) is 5.65. The van der Waals surface area contributed by atoms with Crippen LogP contribution in [0.5, 0.6) is 0 Å². The van der Waals surface area contributed by atoms with E-state index >= 15 is 0 Å². The minimum Gasteiger partial charge on any atom is -0.350 e. The van der Waals surface area contributed by atoms with Crippen LogP contribution >= 0.6 is 0 Å². The van der Waals surface area contributed by atoms with Crippen molar-refractivity contribution in [1.82, 2.24) is 20.2 Å². The molecule has 5 heteroatoms. The lowest BCUT2D eigenvalue weighted by Gasteiger charge is -2.28. The van der Waals surface area contributed by atoms with E-state index in [-0.39, 0.29) is 0 Å². The molecular weight excluding hydrogens is 262 g/mol. The van der Waals surface area contributed by atoms with Crippen molar-refractivity contribution < 1.29 is 0 Å². The van der Waals surface area contributed by atoms with Crippen LogP contribution in [0.3, 0.4) is 0 Å². The number of rotatable bonds is 4. The summed E-state index contributed by atoms with van der Waals surface area (Å²) in [5.41, 5.74) is 0.991. The summed E-state index contributed by atoms with van der Waals surface area (Å²) in [5.74, 6) is 3.38. The molecule has 0 spiro atoms. The van der Waals surface area contributed by atoms with E-state index in [1.54, 1.807) is 4.68 Å². The Labute approximate surface area is 124 Å². The van der Waals surface area contributed by atoms with Gasteiger partial charge in [0.1, 0.15) is 0 Å². The molecular formula is C16H21N5. The first-order valence-electron chi connectivity index (χ1n) is 7.91. The molecule has 2 bridgehead atoms. The van der Waals surface area contributed by atoms with E-state index in [4.69, 9.17) is 0 Å². The second-order valence-electron chi connectivity index (χ2n) is 6.52. The zero-order chi connectivity index (χ0) is 14.2. The smallest absolute Gasteiger partial charge is 0.247 e. The Morgan fingerprint density at radius 2 is 2.05 bits per heavy atom. The Hall–Kier alpha value is -1.91. The normalized spacial score (nSPS) is 28.7. The summed E-state index contributed by atoms with van der Waals surface area (Å²) in [7, 11) is 0. The molecule has 5 nitrogen and oxygen atoms in total. The number of nitrogens with zero attached hydrogens (tertiary/aromatic N) is 4. The number of fused-ring (bicyclic) bond motifs is 2. The number of tetrazole rings is 1. The Morgan fingerprint density at radius 1 is 1.19 bits per heavy atom. The summed E-state index contributed by atoms with van der Waals surface area (Å²) in [4.78, 5) is 0. The molecule has 1 heterocycles. The van der Waals surface area contributed by atoms with Crippen LogP contribution in [-0.2, 0) is 0 Å². The van der Waals surface area contributed by atoms with Gasteiger partial charge in [-0.2, -0.15) is 4.68 Å². The highest BCUT2D eigenvalue weighted by Crippen LogP contribution is 2.49. The maximum Gasteiger partial charge on any atom is 0.247 e. The number of hydrogen-bond donors (Lipinski definition) is 1. The Kier molecular flexibility index (Phi) is 3.13. The third-order valence-electron chi connectivity index (χ3n) is 5.26. The van der Waals surface area contributed by atoms with Crippen molar-refractivity contribution in [3.63, 3.8) is 0 Å². The number of benzene rings is 1. The zero-order valence-corrected chi connectivity index (χ0v) is 12.3. The highest BCUT2D eigenvalue weighted by molar-refractivity contribution is 5.39. The van der Waals surface area contributed by atoms with Crippen molar-refractivity contribution in [2.24, 2.45) is 17.8 Å². The van der Waals surface area contributed by atoms with Gasteiger partial charge in [0.05, 0.1) is 5.69 Å². The van der Waals surface area contributed by atoms with Crippen LogP contribution < -0.4 is 5.32 Å². The molecule has 1 aromatic carbocycles. The van der Waals surface area contributed by atoms with E-state index in [2.05, 4.69) is 27.8 Å². The lowest BCUT2D eigenvalue weighted by molar-refractivity contribution is 0.303. The van der Waals surface area contributed by atoms with Gasteiger partial charge in [-0.15, -0.1) is 0 Å². The van der Waals surface area contributed by atoms with Crippen molar-refractivity contribution in [1.29, 1.82) is 0 Å². The predicted molar refractivity (Wildman–Crippen MR) is 81.2 cm³/mol. The molecule has 2 aliphatic carbocycles. The summed E-state index contributed by atoms with van der Waals surface area (Å²) < 4.78 is 1.78. The maximum absolute atomic E-state index is 4.16. The van der Waals surface area contributed by atoms with Gasteiger partial charge in [0.25, 0.3) is 0 Å². The number of aromatic nitrogens is 4. The first-order valence-corrected chi connectivity index (χ1v) is 7.91. The van der Waals surface area contributed by atoms with E-state index in [0.29, 0.717) is 6.04 Å². The minimum absolute atomic E-state index is 0.425. The van der Waals surface area contributed by atoms with E-state index in [1.165, 1.54) is 25.7 Å². The van der Waals surface area contributed by atoms with Crippen LogP contribution in [0.1, 0.15) is 32.6 Å². The summed E-state index contributed by atoms with van der Waals surface area (Å²) in [6.45, 7) is 2.27. The van der Waals surface area contributed by atoms with E-state index < -0.39 is 0 Å². The molecule has 2 aliphatic rings. The van der Waals surface area contributed by atoms with Crippen LogP contribution in [0, 0.1) is 17.8 Å². The van der Waals surface area contributed by atoms with Crippen LogP contribution in [0.25, 0.3) is 5.69 Å². The summed E-state index contributed by atoms with van der Waals surface area (Å²) in [5, 5.41) is 15.6. The maximum atomic E-state index is 4.16. The monoisotopic (exact) mass is 283 g/mol. The van der Waals surface area contributed by atoms with Crippen LogP contribution in [0.4, 0.5) is 5.95 Å². The fraction of sp³-hybridized carbons (Fsp3) is 0.562. The van der Waals surface area contributed by atoms with Gasteiger partial charge in [-0.25, -0.2) is 0 Å². The van der Waals surface area contributed by atoms with Crippen molar-refractivity contribution in [3.8, 4) is 5.69 Å². The van der Waals surface area contributed by atoms with Crippen molar-refractivity contribution in [2.75, 3.05) is 5.32 Å². The lowest BCUT2D eigenvalue weighted by Crippen LogP contribution is -2.31. The first-order chi connectivity index (χ1) is 10.3. The fourth-order valence-corrected chi connectivity index (χ4v) is 4.24. The van der Waals surface area contributed by atoms with E-state index in [1.807, 2.05) is 30.3 Å². The van der Waals surface area contributed by atoms with Gasteiger partial charge in [0.2, 0.25) is 5.95 Å². The molecule has 110 valence electrons. The van der Waals surface area contributed by atoms with Crippen molar-refractivity contribution in [2.45, 2.75) is 38.6 Å². The Morgan fingerprint density at radius 3 is 2.76 bits per heavy atom. The largest absolute Gasteiger partial charge is 0.350 e. The summed E-state index contributed by atoms with van der Waals surface area (Å²) in [6, 6.07) is 10.5. The van der Waals surface area contributed by atoms with E-state index in [0.717, 1.165) is 29.4 Å². The number of nitrogens with one attached hydrogen (secondary N) is 1. The number of anilines is 1. The van der Waals surface area contributed by atoms with Gasteiger partial charge in [-0.1, -0.05) is 29.7 Å². The number of hydrogen-bond acceptors (Lipinski definition) is 4. The molecule has 4 unspecified atom stereocenters. The van der Waals surface area contributed by atoms with Gasteiger partial charge in [-0.3, -0.25) is 0 Å². The molecule has 21 heavy (non-hydrogen) atoms. The highest BCUT2D eigenvalue weighted by atomic mass is 15.6. The number of para-hydroxylation sites is 1. The molecule has 2 aromatic rings. The molecule has 4 atom stereocenters. The van der Waals surface area contributed by atoms with Crippen molar-refractivity contribution >= 4 is 5.95 Å². The standard InChI is InChI=1S/C16H21N5/c1-11(15-10-12-7-8-13(15)9-12)17-16-18-19-20-21(16)14-5-3-2-4-6-14/h2-6,11-13,15H,7-10H2,1H3,(H,17,18,20). The fourth-order valence-electron chi connectivity index (χ4n) is 4.24. The van der Waals surface area contributed by atoms with Crippen molar-refractivity contribution in [3.05, 3.63) is 30.3 Å². The van der Waals surface area contributed by atoms with Gasteiger partial charge in [0, 0.05) is 6.04 Å². The third kappa shape index (κ3) is 2.30. The quantitative estimate of drug-likeness (QED) is 0.937. The molecule has 4 rings (SSSR count). The van der Waals surface area contributed by atoms with Crippen LogP contribution in [-0.4, -0.2) is 26.2 Å². The van der Waals surface area contributed by atoms with Crippen LogP contribution in [0.15, 0.2) is 30.3 Å². The second-order valence-corrected chi connectivity index (χ2v) is 6.52. The molecule has 0 aliphatic heterocycles. The Bertz CT molecular complexity index is 608. The molecule has 0 amide bonds. The zero-order valence-electron chi connectivity index (χ0n) is 12.3. The SMILES string of the molecule is CC(Nc1nnnn1-c1ccccc1)C1CC2CCC1C2. The second kappa shape index (κ2) is 5.13. The molecule has 2 saturated carbocycles. The third-order valence-corrected chi connectivity index (χ3v) is 5.26. The van der Waals surface area contributed by atoms with Crippen LogP contribution in [0.2, 0.25) is 0 Å². The highest BCUT2D eigenvalue weighted by Gasteiger charge is 2.42. The topological polar surface area (TPSA) is 55.6 Å². The predicted octanol–water partition coefficient (Wildman–Crippen LogP) is 2.90. The van der Waals surface area contributed by atoms with Gasteiger partial charge in [0.15, 0.2) is 0 Å². The average Bonchev–Trinajstić information content (AvgIpc) is 3.24. The average molecular weight is 283 g/mol. The molecule has 0 radical (unpaired) electrons. The van der Waals surface area contributed by atoms with Gasteiger partial charge < -0.3 is 5.32 Å². The van der Waals surface area contributed by atoms with Gasteiger partial charge >= 0.3 is 0 Å². The molecule has 1 aromatic heterocycles. The lowest BCUT2D eigenvalue weighted by atomic mass is 9.84. The molecule has 0 saturated heterocycles. The molecule has 2 fully saturated rings. The summed E-state index contributed by atoms with van der Waals surface area (Å²) >= 11 is 0. The first kappa shape index (κ1) is 12.8. The minimum atomic E-state index is 0.425. The van der Waals surface area contributed by atoms with Gasteiger partial charge in [-0.05, 0) is 66.5 Å². The Balaban J connectivity index is 1.52. The van der Waals surface area contributed by atoms with E-state index in [9.17, 15) is 0 Å². The molecule has 1 N–H and O–H groups in total.